The van der Waals surface area contributed by atoms with Crippen LogP contribution in [0.4, 0.5) is 11.6 Å². The van der Waals surface area contributed by atoms with E-state index in [2.05, 4.69) is 35.5 Å². The smallest absolute Gasteiger partial charge is 0.277 e. The number of hydrogen-bond donors (Lipinski definition) is 1. The van der Waals surface area contributed by atoms with E-state index in [1.807, 2.05) is 19.9 Å². The summed E-state index contributed by atoms with van der Waals surface area (Å²) in [6, 6.07) is 7.07. The van der Waals surface area contributed by atoms with Crippen molar-refractivity contribution in [2.24, 2.45) is 0 Å². The molecule has 0 aliphatic carbocycles. The molecule has 4 heterocycles. The maximum atomic E-state index is 12.5. The molecule has 0 unspecified atom stereocenters. The van der Waals surface area contributed by atoms with Gasteiger partial charge in [0.1, 0.15) is 18.0 Å². The lowest BCUT2D eigenvalue weighted by molar-refractivity contribution is 0.102. The van der Waals surface area contributed by atoms with Crippen molar-refractivity contribution in [1.82, 2.24) is 29.9 Å². The number of anilines is 2. The average molecular weight is 364 g/mol. The lowest BCUT2D eigenvalue weighted by atomic mass is 10.3. The fourth-order valence-electron chi connectivity index (χ4n) is 3.14. The summed E-state index contributed by atoms with van der Waals surface area (Å²) in [6.45, 7) is 5.81. The number of hydrogen-bond acceptors (Lipinski definition) is 7. The van der Waals surface area contributed by atoms with E-state index >= 15 is 0 Å². The molecule has 4 rings (SSSR count). The standard InChI is InChI=1S/C18H20N8O/c1-12-9-13(2)26(24-12)16-6-5-14(22-23-16)18(27)21-15-10-17(20-11-19-15)25-7-3-4-8-25/h5-6,9-11H,3-4,7-8H2,1-2H3,(H,19,20,21,27). The number of rotatable bonds is 4. The molecule has 3 aromatic rings. The maximum Gasteiger partial charge on any atom is 0.277 e. The van der Waals surface area contributed by atoms with E-state index in [1.165, 1.54) is 6.33 Å². The van der Waals surface area contributed by atoms with Crippen LogP contribution in [0.3, 0.4) is 0 Å². The van der Waals surface area contributed by atoms with Crippen LogP contribution in [0.15, 0.2) is 30.6 Å². The number of nitrogens with one attached hydrogen (secondary N) is 1. The first-order valence-corrected chi connectivity index (χ1v) is 8.86. The number of amides is 1. The van der Waals surface area contributed by atoms with Crippen molar-refractivity contribution in [1.29, 1.82) is 0 Å². The summed E-state index contributed by atoms with van der Waals surface area (Å²) in [5, 5.41) is 15.3. The minimum atomic E-state index is -0.367. The number of carbonyl (C=O) groups is 1. The van der Waals surface area contributed by atoms with Gasteiger partial charge in [-0.05, 0) is 44.9 Å². The third kappa shape index (κ3) is 3.62. The van der Waals surface area contributed by atoms with Crippen LogP contribution < -0.4 is 10.2 Å². The molecule has 138 valence electrons. The monoisotopic (exact) mass is 364 g/mol. The van der Waals surface area contributed by atoms with E-state index in [-0.39, 0.29) is 11.6 Å². The molecule has 0 spiro atoms. The highest BCUT2D eigenvalue weighted by Gasteiger charge is 2.16. The van der Waals surface area contributed by atoms with Crippen molar-refractivity contribution in [3.63, 3.8) is 0 Å². The zero-order valence-electron chi connectivity index (χ0n) is 15.3. The quantitative estimate of drug-likeness (QED) is 0.754. The van der Waals surface area contributed by atoms with E-state index in [9.17, 15) is 4.79 Å². The Kier molecular flexibility index (Phi) is 4.49. The fraction of sp³-hybridized carbons (Fsp3) is 0.333. The number of aryl methyl sites for hydroxylation is 2. The van der Waals surface area contributed by atoms with Gasteiger partial charge in [-0.3, -0.25) is 4.79 Å². The van der Waals surface area contributed by atoms with Gasteiger partial charge in [-0.1, -0.05) is 0 Å². The molecular weight excluding hydrogens is 344 g/mol. The first-order chi connectivity index (χ1) is 13.1. The molecule has 1 amide bonds. The Morgan fingerprint density at radius 3 is 2.52 bits per heavy atom. The summed E-state index contributed by atoms with van der Waals surface area (Å²) < 4.78 is 1.69. The Bertz CT molecular complexity index is 960. The van der Waals surface area contributed by atoms with Crippen molar-refractivity contribution in [2.45, 2.75) is 26.7 Å². The molecule has 1 fully saturated rings. The second kappa shape index (κ2) is 7.10. The van der Waals surface area contributed by atoms with E-state index < -0.39 is 0 Å². The Labute approximate surface area is 156 Å². The largest absolute Gasteiger partial charge is 0.356 e. The van der Waals surface area contributed by atoms with E-state index in [0.717, 1.165) is 43.1 Å². The molecule has 1 saturated heterocycles. The summed E-state index contributed by atoms with van der Waals surface area (Å²) in [6.07, 6.45) is 3.77. The number of carbonyl (C=O) groups excluding carboxylic acids is 1. The fourth-order valence-corrected chi connectivity index (χ4v) is 3.14. The molecule has 1 aliphatic rings. The van der Waals surface area contributed by atoms with Gasteiger partial charge in [0.15, 0.2) is 11.5 Å². The normalized spacial score (nSPS) is 13.8. The lowest BCUT2D eigenvalue weighted by Gasteiger charge is -2.16. The predicted molar refractivity (Wildman–Crippen MR) is 100 cm³/mol. The zero-order chi connectivity index (χ0) is 18.8. The third-order valence-electron chi connectivity index (χ3n) is 4.43. The van der Waals surface area contributed by atoms with Gasteiger partial charge >= 0.3 is 0 Å². The van der Waals surface area contributed by atoms with Crippen LogP contribution >= 0.6 is 0 Å². The summed E-state index contributed by atoms with van der Waals surface area (Å²) >= 11 is 0. The molecule has 9 heteroatoms. The van der Waals surface area contributed by atoms with Crippen LogP contribution in [0.2, 0.25) is 0 Å². The van der Waals surface area contributed by atoms with Gasteiger partial charge in [0.2, 0.25) is 0 Å². The van der Waals surface area contributed by atoms with Crippen LogP contribution in [-0.2, 0) is 0 Å². The van der Waals surface area contributed by atoms with Crippen molar-refractivity contribution in [3.8, 4) is 5.82 Å². The van der Waals surface area contributed by atoms with E-state index in [1.54, 1.807) is 22.9 Å². The number of aromatic nitrogens is 6. The Morgan fingerprint density at radius 2 is 1.85 bits per heavy atom. The van der Waals surface area contributed by atoms with Crippen LogP contribution in [0, 0.1) is 13.8 Å². The summed E-state index contributed by atoms with van der Waals surface area (Å²) in [5.74, 6) is 1.47. The Balaban J connectivity index is 1.48. The predicted octanol–water partition coefficient (Wildman–Crippen LogP) is 1.92. The molecule has 0 saturated carbocycles. The molecule has 9 nitrogen and oxygen atoms in total. The topological polar surface area (TPSA) is 102 Å². The SMILES string of the molecule is Cc1cc(C)n(-c2ccc(C(=O)Nc3cc(N4CCCC4)ncn3)nn2)n1. The highest BCUT2D eigenvalue weighted by atomic mass is 16.2. The molecule has 0 bridgehead atoms. The average Bonchev–Trinajstić information content (AvgIpc) is 3.32. The molecule has 0 radical (unpaired) electrons. The highest BCUT2D eigenvalue weighted by molar-refractivity contribution is 6.02. The van der Waals surface area contributed by atoms with Crippen molar-refractivity contribution in [3.05, 3.63) is 47.7 Å². The van der Waals surface area contributed by atoms with E-state index in [4.69, 9.17) is 0 Å². The molecule has 27 heavy (non-hydrogen) atoms. The van der Waals surface area contributed by atoms with Gasteiger partial charge < -0.3 is 10.2 Å². The molecule has 1 aliphatic heterocycles. The van der Waals surface area contributed by atoms with Crippen molar-refractivity contribution in [2.75, 3.05) is 23.3 Å². The molecular formula is C18H20N8O. The van der Waals surface area contributed by atoms with Gasteiger partial charge in [0.25, 0.3) is 5.91 Å². The second-order valence-electron chi connectivity index (χ2n) is 6.53. The maximum absolute atomic E-state index is 12.5. The number of nitrogens with zero attached hydrogens (tertiary/aromatic N) is 7. The van der Waals surface area contributed by atoms with Crippen molar-refractivity contribution >= 4 is 17.5 Å². The summed E-state index contributed by atoms with van der Waals surface area (Å²) in [5.41, 5.74) is 2.06. The summed E-state index contributed by atoms with van der Waals surface area (Å²) in [7, 11) is 0. The molecule has 1 N–H and O–H groups in total. The van der Waals surface area contributed by atoms with Gasteiger partial charge in [0.05, 0.1) is 5.69 Å². The van der Waals surface area contributed by atoms with Crippen LogP contribution in [0.1, 0.15) is 34.7 Å². The highest BCUT2D eigenvalue weighted by Crippen LogP contribution is 2.19. The van der Waals surface area contributed by atoms with Gasteiger partial charge in [-0.25, -0.2) is 14.6 Å². The Morgan fingerprint density at radius 1 is 1.04 bits per heavy atom. The lowest BCUT2D eigenvalue weighted by Crippen LogP contribution is -2.20. The van der Waals surface area contributed by atoms with Crippen LogP contribution in [-0.4, -0.2) is 48.9 Å². The van der Waals surface area contributed by atoms with Crippen molar-refractivity contribution < 1.29 is 4.79 Å². The minimum Gasteiger partial charge on any atom is -0.356 e. The first kappa shape index (κ1) is 17.1. The van der Waals surface area contributed by atoms with E-state index in [0.29, 0.717) is 11.6 Å². The van der Waals surface area contributed by atoms with Gasteiger partial charge in [0, 0.05) is 24.8 Å². The van der Waals surface area contributed by atoms with Gasteiger partial charge in [-0.15, -0.1) is 10.2 Å². The van der Waals surface area contributed by atoms with Crippen LogP contribution in [0.25, 0.3) is 5.82 Å². The third-order valence-corrected chi connectivity index (χ3v) is 4.43. The molecule has 0 atom stereocenters. The summed E-state index contributed by atoms with van der Waals surface area (Å²) in [4.78, 5) is 23.0. The first-order valence-electron chi connectivity index (χ1n) is 8.86. The molecule has 3 aromatic heterocycles. The van der Waals surface area contributed by atoms with Crippen LogP contribution in [0.5, 0.6) is 0 Å². The zero-order valence-corrected chi connectivity index (χ0v) is 15.3. The minimum absolute atomic E-state index is 0.210. The molecule has 0 aromatic carbocycles. The Hall–Kier alpha value is -3.36. The van der Waals surface area contributed by atoms with Gasteiger partial charge in [-0.2, -0.15) is 5.10 Å². The second-order valence-corrected chi connectivity index (χ2v) is 6.53.